The zero-order chi connectivity index (χ0) is 22.1. The van der Waals surface area contributed by atoms with Gasteiger partial charge in [-0.1, -0.05) is 86.7 Å². The van der Waals surface area contributed by atoms with Gasteiger partial charge < -0.3 is 10.2 Å². The molecule has 1 unspecified atom stereocenters. The van der Waals surface area contributed by atoms with Crippen LogP contribution in [0.4, 0.5) is 0 Å². The van der Waals surface area contributed by atoms with E-state index in [2.05, 4.69) is 34.5 Å². The Kier molecular flexibility index (Phi) is 8.42. The van der Waals surface area contributed by atoms with Gasteiger partial charge in [-0.25, -0.2) is 0 Å². The molecule has 5 nitrogen and oxygen atoms in total. The number of carbonyl (C=O) groups is 2. The molecule has 164 valence electrons. The molecule has 1 fully saturated rings. The molecular weight excluding hydrogens is 386 g/mol. The number of nitrogens with one attached hydrogen (secondary N) is 1. The lowest BCUT2D eigenvalue weighted by molar-refractivity contribution is -0.139. The van der Waals surface area contributed by atoms with Gasteiger partial charge >= 0.3 is 0 Å². The summed E-state index contributed by atoms with van der Waals surface area (Å²) >= 11 is 0. The van der Waals surface area contributed by atoms with Crippen molar-refractivity contribution in [3.63, 3.8) is 0 Å². The van der Waals surface area contributed by atoms with E-state index in [1.54, 1.807) is 0 Å². The van der Waals surface area contributed by atoms with Crippen molar-refractivity contribution < 1.29 is 9.59 Å². The van der Waals surface area contributed by atoms with Crippen molar-refractivity contribution in [3.05, 3.63) is 77.9 Å². The molecule has 2 amide bonds. The highest BCUT2D eigenvalue weighted by Crippen LogP contribution is 2.11. The summed E-state index contributed by atoms with van der Waals surface area (Å²) in [4.78, 5) is 29.9. The van der Waals surface area contributed by atoms with Crippen LogP contribution in [0, 0.1) is 5.92 Å². The Labute approximate surface area is 185 Å². The third-order valence-corrected chi connectivity index (χ3v) is 5.61. The number of hydrogen-bond acceptors (Lipinski definition) is 3. The van der Waals surface area contributed by atoms with Crippen LogP contribution in [0.5, 0.6) is 0 Å². The van der Waals surface area contributed by atoms with Crippen LogP contribution in [0.3, 0.4) is 0 Å². The molecule has 3 rings (SSSR count). The van der Waals surface area contributed by atoms with Crippen LogP contribution in [0.25, 0.3) is 6.08 Å². The number of piperazine rings is 1. The van der Waals surface area contributed by atoms with Crippen LogP contribution >= 0.6 is 0 Å². The van der Waals surface area contributed by atoms with Gasteiger partial charge in [-0.15, -0.1) is 0 Å². The second-order valence-electron chi connectivity index (χ2n) is 8.39. The Balaban J connectivity index is 1.48. The van der Waals surface area contributed by atoms with Crippen molar-refractivity contribution in [2.45, 2.75) is 26.3 Å². The minimum absolute atomic E-state index is 0.0240. The van der Waals surface area contributed by atoms with Gasteiger partial charge in [-0.2, -0.15) is 0 Å². The second kappa shape index (κ2) is 11.5. The number of benzene rings is 2. The fraction of sp³-hybridized carbons (Fsp3) is 0.385. The minimum Gasteiger partial charge on any atom is -0.344 e. The number of rotatable bonds is 8. The molecule has 0 aliphatic carbocycles. The van der Waals surface area contributed by atoms with Crippen LogP contribution < -0.4 is 5.32 Å². The highest BCUT2D eigenvalue weighted by molar-refractivity contribution is 5.88. The molecule has 2 aromatic carbocycles. The first-order valence-electron chi connectivity index (χ1n) is 11.1. The Morgan fingerprint density at radius 2 is 1.55 bits per heavy atom. The van der Waals surface area contributed by atoms with E-state index in [-0.39, 0.29) is 17.7 Å². The average molecular weight is 420 g/mol. The van der Waals surface area contributed by atoms with Crippen LogP contribution in [0.15, 0.2) is 66.7 Å². The van der Waals surface area contributed by atoms with Crippen LogP contribution in [0.2, 0.25) is 0 Å². The summed E-state index contributed by atoms with van der Waals surface area (Å²) in [5.41, 5.74) is 2.15. The summed E-state index contributed by atoms with van der Waals surface area (Å²) in [5, 5.41) is 2.97. The van der Waals surface area contributed by atoms with Gasteiger partial charge in [0.25, 0.3) is 0 Å². The topological polar surface area (TPSA) is 52.7 Å². The van der Waals surface area contributed by atoms with E-state index in [1.165, 1.54) is 5.56 Å². The molecule has 0 radical (unpaired) electrons. The summed E-state index contributed by atoms with van der Waals surface area (Å²) in [6.45, 7) is 7.90. The smallest absolute Gasteiger partial charge is 0.245 e. The molecule has 1 aliphatic rings. The molecule has 5 heteroatoms. The van der Waals surface area contributed by atoms with Gasteiger partial charge in [0.05, 0.1) is 6.42 Å². The first kappa shape index (κ1) is 22.8. The molecule has 0 bridgehead atoms. The van der Waals surface area contributed by atoms with Gasteiger partial charge in [-0.3, -0.25) is 14.5 Å². The zero-order valence-electron chi connectivity index (χ0n) is 18.5. The first-order chi connectivity index (χ1) is 15.0. The van der Waals surface area contributed by atoms with Gasteiger partial charge in [0.1, 0.15) is 6.04 Å². The third kappa shape index (κ3) is 7.07. The molecule has 1 atom stereocenters. The third-order valence-electron chi connectivity index (χ3n) is 5.61. The molecule has 2 aromatic rings. The number of hydrogen-bond donors (Lipinski definition) is 1. The van der Waals surface area contributed by atoms with Crippen LogP contribution in [0.1, 0.15) is 25.0 Å². The summed E-state index contributed by atoms with van der Waals surface area (Å²) < 4.78 is 0. The standard InChI is InChI=1S/C26H33N3O2/c1-21(2)25(27-24(30)20-23-12-7-4-8-13-23)26(31)29-18-16-28(17-19-29)15-9-14-22-10-5-3-6-11-22/h3-14,21,25H,15-20H2,1-2H3,(H,27,30)/b14-9+. The fourth-order valence-corrected chi connectivity index (χ4v) is 3.77. The van der Waals surface area contributed by atoms with Gasteiger partial charge in [0.15, 0.2) is 0 Å². The normalized spacial score (nSPS) is 15.9. The van der Waals surface area contributed by atoms with Crippen molar-refractivity contribution in [1.82, 2.24) is 15.1 Å². The van der Waals surface area contributed by atoms with Crippen molar-refractivity contribution >= 4 is 17.9 Å². The SMILES string of the molecule is CC(C)C(NC(=O)Cc1ccccc1)C(=O)N1CCN(C/C=C/c2ccccc2)CC1. The molecule has 1 aliphatic heterocycles. The fourth-order valence-electron chi connectivity index (χ4n) is 3.77. The van der Waals surface area contributed by atoms with E-state index in [4.69, 9.17) is 0 Å². The maximum atomic E-state index is 13.1. The maximum absolute atomic E-state index is 13.1. The van der Waals surface area contributed by atoms with E-state index in [0.717, 1.165) is 25.2 Å². The van der Waals surface area contributed by atoms with Gasteiger partial charge in [0, 0.05) is 32.7 Å². The number of carbonyl (C=O) groups excluding carboxylic acids is 2. The lowest BCUT2D eigenvalue weighted by atomic mass is 10.0. The Morgan fingerprint density at radius 1 is 0.935 bits per heavy atom. The molecule has 1 saturated heterocycles. The number of nitrogens with zero attached hydrogens (tertiary/aromatic N) is 2. The molecule has 1 N–H and O–H groups in total. The van der Waals surface area contributed by atoms with E-state index in [1.807, 2.05) is 67.3 Å². The molecule has 0 spiro atoms. The van der Waals surface area contributed by atoms with E-state index in [0.29, 0.717) is 19.5 Å². The Hall–Kier alpha value is -2.92. The largest absolute Gasteiger partial charge is 0.344 e. The van der Waals surface area contributed by atoms with Crippen molar-refractivity contribution in [2.75, 3.05) is 32.7 Å². The lowest BCUT2D eigenvalue weighted by Crippen LogP contribution is -2.56. The summed E-state index contributed by atoms with van der Waals surface area (Å²) in [6.07, 6.45) is 4.60. The second-order valence-corrected chi connectivity index (χ2v) is 8.39. The predicted octanol–water partition coefficient (Wildman–Crippen LogP) is 3.23. The van der Waals surface area contributed by atoms with Crippen LogP contribution in [-0.4, -0.2) is 60.4 Å². The maximum Gasteiger partial charge on any atom is 0.245 e. The highest BCUT2D eigenvalue weighted by atomic mass is 16.2. The van der Waals surface area contributed by atoms with Crippen molar-refractivity contribution in [1.29, 1.82) is 0 Å². The van der Waals surface area contributed by atoms with Gasteiger partial charge in [0.2, 0.25) is 11.8 Å². The van der Waals surface area contributed by atoms with Gasteiger partial charge in [-0.05, 0) is 17.0 Å². The molecule has 1 heterocycles. The number of amides is 2. The summed E-state index contributed by atoms with van der Waals surface area (Å²) in [5.74, 6) is -0.0436. The van der Waals surface area contributed by atoms with Crippen molar-refractivity contribution in [3.8, 4) is 0 Å². The molecular formula is C26H33N3O2. The van der Waals surface area contributed by atoms with E-state index >= 15 is 0 Å². The highest BCUT2D eigenvalue weighted by Gasteiger charge is 2.30. The minimum atomic E-state index is -0.485. The Bertz CT molecular complexity index is 857. The lowest BCUT2D eigenvalue weighted by Gasteiger charge is -2.37. The molecule has 0 aromatic heterocycles. The van der Waals surface area contributed by atoms with E-state index in [9.17, 15) is 9.59 Å². The summed E-state index contributed by atoms with van der Waals surface area (Å²) in [6, 6.07) is 19.4. The first-order valence-corrected chi connectivity index (χ1v) is 11.1. The molecule has 0 saturated carbocycles. The zero-order valence-corrected chi connectivity index (χ0v) is 18.5. The predicted molar refractivity (Wildman–Crippen MR) is 125 cm³/mol. The van der Waals surface area contributed by atoms with Crippen molar-refractivity contribution in [2.24, 2.45) is 5.92 Å². The Morgan fingerprint density at radius 3 is 2.16 bits per heavy atom. The average Bonchev–Trinajstić information content (AvgIpc) is 2.79. The monoisotopic (exact) mass is 419 g/mol. The summed E-state index contributed by atoms with van der Waals surface area (Å²) in [7, 11) is 0. The van der Waals surface area contributed by atoms with E-state index < -0.39 is 6.04 Å². The molecule has 31 heavy (non-hydrogen) atoms. The van der Waals surface area contributed by atoms with Crippen LogP contribution in [-0.2, 0) is 16.0 Å². The quantitative estimate of drug-likeness (QED) is 0.715.